The molecule has 0 bridgehead atoms. The van der Waals surface area contributed by atoms with Crippen molar-refractivity contribution in [3.63, 3.8) is 0 Å². The van der Waals surface area contributed by atoms with E-state index in [4.69, 9.17) is 0 Å². The van der Waals surface area contributed by atoms with Crippen LogP contribution in [0.5, 0.6) is 0 Å². The van der Waals surface area contributed by atoms with Crippen LogP contribution < -0.4 is 0 Å². The predicted molar refractivity (Wildman–Crippen MR) is 60.7 cm³/mol. The first-order valence-electron chi connectivity index (χ1n) is 5.97. The van der Waals surface area contributed by atoms with Gasteiger partial charge in [-0.15, -0.1) is 0 Å². The summed E-state index contributed by atoms with van der Waals surface area (Å²) >= 11 is 0. The molecule has 0 radical (unpaired) electrons. The number of carbonyl (C=O) groups excluding carboxylic acids is 2. The van der Waals surface area contributed by atoms with E-state index in [2.05, 4.69) is 0 Å². The Kier molecular flexibility index (Phi) is 4.06. The number of rotatable bonds is 3. The summed E-state index contributed by atoms with van der Waals surface area (Å²) in [6, 6.07) is 0. The van der Waals surface area contributed by atoms with Crippen LogP contribution in [-0.2, 0) is 9.59 Å². The molecule has 1 aliphatic rings. The molecule has 1 rings (SSSR count). The molecular formula is C13H22O2. The lowest BCUT2D eigenvalue weighted by atomic mass is 9.81. The number of hydrogen-bond donors (Lipinski definition) is 0. The molecule has 86 valence electrons. The van der Waals surface area contributed by atoms with Crippen molar-refractivity contribution in [1.29, 1.82) is 0 Å². The standard InChI is InChI=1S/C13H22O2/c1-13(2,3)12(15)9-11(14)10-7-5-4-6-8-10/h10H,4-9H2,1-3H3. The molecule has 15 heavy (non-hydrogen) atoms. The van der Waals surface area contributed by atoms with E-state index >= 15 is 0 Å². The van der Waals surface area contributed by atoms with Crippen LogP contribution in [0.1, 0.15) is 59.3 Å². The van der Waals surface area contributed by atoms with Crippen molar-refractivity contribution < 1.29 is 9.59 Å². The highest BCUT2D eigenvalue weighted by atomic mass is 16.1. The SMILES string of the molecule is CC(C)(C)C(=O)CC(=O)C1CCCCC1. The van der Waals surface area contributed by atoms with Gasteiger partial charge in [0.25, 0.3) is 0 Å². The Labute approximate surface area is 92.4 Å². The topological polar surface area (TPSA) is 34.1 Å². The van der Waals surface area contributed by atoms with Gasteiger partial charge in [0.2, 0.25) is 0 Å². The lowest BCUT2D eigenvalue weighted by Gasteiger charge is -2.22. The van der Waals surface area contributed by atoms with Crippen LogP contribution in [0.2, 0.25) is 0 Å². The van der Waals surface area contributed by atoms with E-state index in [-0.39, 0.29) is 29.3 Å². The van der Waals surface area contributed by atoms with E-state index in [1.54, 1.807) is 0 Å². The largest absolute Gasteiger partial charge is 0.299 e. The molecule has 2 nitrogen and oxygen atoms in total. The van der Waals surface area contributed by atoms with E-state index in [9.17, 15) is 9.59 Å². The Balaban J connectivity index is 2.44. The predicted octanol–water partition coefficient (Wildman–Crippen LogP) is 3.14. The van der Waals surface area contributed by atoms with Gasteiger partial charge < -0.3 is 0 Å². The Morgan fingerprint density at radius 2 is 1.60 bits per heavy atom. The fourth-order valence-electron chi connectivity index (χ4n) is 1.99. The minimum atomic E-state index is -0.371. The highest BCUT2D eigenvalue weighted by molar-refractivity contribution is 6.02. The molecule has 0 N–H and O–H groups in total. The van der Waals surface area contributed by atoms with Crippen molar-refractivity contribution in [2.75, 3.05) is 0 Å². The van der Waals surface area contributed by atoms with E-state index in [1.165, 1.54) is 6.42 Å². The summed E-state index contributed by atoms with van der Waals surface area (Å²) in [4.78, 5) is 23.5. The quantitative estimate of drug-likeness (QED) is 0.671. The van der Waals surface area contributed by atoms with Crippen molar-refractivity contribution in [2.24, 2.45) is 11.3 Å². The normalized spacial score (nSPS) is 18.9. The van der Waals surface area contributed by atoms with E-state index < -0.39 is 0 Å². The summed E-state index contributed by atoms with van der Waals surface area (Å²) < 4.78 is 0. The maximum Gasteiger partial charge on any atom is 0.145 e. The molecule has 0 aliphatic heterocycles. The molecule has 0 aromatic heterocycles. The van der Waals surface area contributed by atoms with Crippen LogP contribution in [0.3, 0.4) is 0 Å². The summed E-state index contributed by atoms with van der Waals surface area (Å²) in [6.07, 6.45) is 5.69. The van der Waals surface area contributed by atoms with E-state index in [1.807, 2.05) is 20.8 Å². The first-order chi connectivity index (χ1) is 6.91. The van der Waals surface area contributed by atoms with Gasteiger partial charge in [-0.1, -0.05) is 40.0 Å². The molecule has 1 saturated carbocycles. The van der Waals surface area contributed by atoms with Crippen molar-refractivity contribution in [1.82, 2.24) is 0 Å². The zero-order valence-corrected chi connectivity index (χ0v) is 10.1. The van der Waals surface area contributed by atoms with Crippen LogP contribution in [0.4, 0.5) is 0 Å². The molecule has 0 spiro atoms. The van der Waals surface area contributed by atoms with Crippen LogP contribution in [0, 0.1) is 11.3 Å². The van der Waals surface area contributed by atoms with Gasteiger partial charge in [-0.25, -0.2) is 0 Å². The summed E-state index contributed by atoms with van der Waals surface area (Å²) in [6.45, 7) is 5.64. The number of hydrogen-bond acceptors (Lipinski definition) is 2. The fourth-order valence-corrected chi connectivity index (χ4v) is 1.99. The Morgan fingerprint density at radius 1 is 1.07 bits per heavy atom. The van der Waals surface area contributed by atoms with Gasteiger partial charge in [0.05, 0.1) is 6.42 Å². The minimum absolute atomic E-state index is 0.0815. The van der Waals surface area contributed by atoms with Crippen molar-refractivity contribution in [2.45, 2.75) is 59.3 Å². The third-order valence-electron chi connectivity index (χ3n) is 3.23. The average molecular weight is 210 g/mol. The van der Waals surface area contributed by atoms with Gasteiger partial charge in [0.15, 0.2) is 0 Å². The molecule has 0 amide bonds. The first kappa shape index (κ1) is 12.4. The molecular weight excluding hydrogens is 188 g/mol. The van der Waals surface area contributed by atoms with Gasteiger partial charge in [0, 0.05) is 11.3 Å². The minimum Gasteiger partial charge on any atom is -0.299 e. The van der Waals surface area contributed by atoms with Crippen molar-refractivity contribution >= 4 is 11.6 Å². The zero-order valence-electron chi connectivity index (χ0n) is 10.1. The number of carbonyl (C=O) groups is 2. The summed E-state index contributed by atoms with van der Waals surface area (Å²) in [7, 11) is 0. The van der Waals surface area contributed by atoms with Crippen LogP contribution in [-0.4, -0.2) is 11.6 Å². The van der Waals surface area contributed by atoms with Gasteiger partial charge in [-0.2, -0.15) is 0 Å². The highest BCUT2D eigenvalue weighted by Gasteiger charge is 2.28. The lowest BCUT2D eigenvalue weighted by Crippen LogP contribution is -2.27. The van der Waals surface area contributed by atoms with Crippen LogP contribution in [0.15, 0.2) is 0 Å². The third kappa shape index (κ3) is 3.77. The monoisotopic (exact) mass is 210 g/mol. The lowest BCUT2D eigenvalue weighted by molar-refractivity contribution is -0.133. The van der Waals surface area contributed by atoms with E-state index in [0.717, 1.165) is 25.7 Å². The van der Waals surface area contributed by atoms with Gasteiger partial charge in [-0.3, -0.25) is 9.59 Å². The average Bonchev–Trinajstić information content (AvgIpc) is 2.17. The van der Waals surface area contributed by atoms with Gasteiger partial charge >= 0.3 is 0 Å². The molecule has 2 heteroatoms. The Bertz CT molecular complexity index is 242. The second-order valence-electron chi connectivity index (χ2n) is 5.65. The molecule has 0 heterocycles. The maximum atomic E-state index is 11.8. The third-order valence-corrected chi connectivity index (χ3v) is 3.23. The number of Topliss-reactive ketones (excluding diaryl/α,β-unsaturated/α-hetero) is 2. The van der Waals surface area contributed by atoms with Crippen LogP contribution in [0.25, 0.3) is 0 Å². The molecule has 0 aromatic carbocycles. The molecule has 0 atom stereocenters. The van der Waals surface area contributed by atoms with Crippen molar-refractivity contribution in [3.8, 4) is 0 Å². The van der Waals surface area contributed by atoms with Gasteiger partial charge in [0.1, 0.15) is 11.6 Å². The molecule has 1 fully saturated rings. The van der Waals surface area contributed by atoms with Gasteiger partial charge in [-0.05, 0) is 12.8 Å². The Hall–Kier alpha value is -0.660. The second-order valence-corrected chi connectivity index (χ2v) is 5.65. The highest BCUT2D eigenvalue weighted by Crippen LogP contribution is 2.27. The van der Waals surface area contributed by atoms with Crippen molar-refractivity contribution in [3.05, 3.63) is 0 Å². The number of ketones is 2. The summed E-state index contributed by atoms with van der Waals surface area (Å²) in [5.41, 5.74) is -0.371. The molecule has 0 unspecified atom stereocenters. The first-order valence-corrected chi connectivity index (χ1v) is 5.97. The molecule has 1 aliphatic carbocycles. The van der Waals surface area contributed by atoms with Crippen LogP contribution >= 0.6 is 0 Å². The zero-order chi connectivity index (χ0) is 11.5. The molecule has 0 aromatic rings. The summed E-state index contributed by atoms with van der Waals surface area (Å²) in [5.74, 6) is 0.428. The maximum absolute atomic E-state index is 11.8. The molecule has 0 saturated heterocycles. The van der Waals surface area contributed by atoms with E-state index in [0.29, 0.717) is 0 Å². The fraction of sp³-hybridized carbons (Fsp3) is 0.846. The Morgan fingerprint density at radius 3 is 2.07 bits per heavy atom. The smallest absolute Gasteiger partial charge is 0.145 e. The summed E-state index contributed by atoms with van der Waals surface area (Å²) in [5, 5.41) is 0. The second kappa shape index (κ2) is 4.91.